The molecule has 0 N–H and O–H groups in total. The zero-order chi connectivity index (χ0) is 16.2. The lowest BCUT2D eigenvalue weighted by molar-refractivity contribution is -0.150. The van der Waals surface area contributed by atoms with Gasteiger partial charge in [-0.2, -0.15) is 0 Å². The highest BCUT2D eigenvalue weighted by Crippen LogP contribution is 2.48. The molecule has 1 saturated heterocycles. The van der Waals surface area contributed by atoms with Crippen molar-refractivity contribution in [3.05, 3.63) is 22.8 Å². The Morgan fingerprint density at radius 1 is 1.32 bits per heavy atom. The van der Waals surface area contributed by atoms with Crippen LogP contribution in [0.5, 0.6) is 0 Å². The van der Waals surface area contributed by atoms with Gasteiger partial charge in [0, 0.05) is 30.8 Å². The minimum absolute atomic E-state index is 0.0159. The Balaban J connectivity index is 2.08. The van der Waals surface area contributed by atoms with E-state index in [0.29, 0.717) is 12.0 Å². The van der Waals surface area contributed by atoms with E-state index in [2.05, 4.69) is 0 Å². The molecule has 0 aromatic rings. The van der Waals surface area contributed by atoms with Crippen LogP contribution in [-0.2, 0) is 23.9 Å². The van der Waals surface area contributed by atoms with Gasteiger partial charge in [0.2, 0.25) is 0 Å². The van der Waals surface area contributed by atoms with Crippen molar-refractivity contribution < 1.29 is 23.9 Å². The van der Waals surface area contributed by atoms with Crippen LogP contribution in [-0.4, -0.2) is 29.9 Å². The van der Waals surface area contributed by atoms with Crippen LogP contribution >= 0.6 is 0 Å². The molecule has 118 valence electrons. The third-order valence-corrected chi connectivity index (χ3v) is 5.05. The summed E-state index contributed by atoms with van der Waals surface area (Å²) in [4.78, 5) is 35.8. The van der Waals surface area contributed by atoms with Gasteiger partial charge in [-0.1, -0.05) is 18.1 Å². The van der Waals surface area contributed by atoms with Crippen LogP contribution in [0.1, 0.15) is 34.1 Å². The number of ether oxygens (including phenoxy) is 2. The van der Waals surface area contributed by atoms with E-state index in [1.54, 1.807) is 13.0 Å². The van der Waals surface area contributed by atoms with Crippen molar-refractivity contribution in [2.45, 2.75) is 46.3 Å². The molecule has 5 nitrogen and oxygen atoms in total. The summed E-state index contributed by atoms with van der Waals surface area (Å²) in [5, 5.41) is 0. The number of rotatable bonds is 1. The first-order chi connectivity index (χ1) is 10.3. The smallest absolute Gasteiger partial charge is 0.309 e. The molecular weight excluding hydrogens is 284 g/mol. The van der Waals surface area contributed by atoms with Crippen LogP contribution in [0, 0.1) is 17.8 Å². The van der Waals surface area contributed by atoms with Gasteiger partial charge < -0.3 is 9.47 Å². The molecule has 3 rings (SSSR count). The number of ketones is 1. The highest BCUT2D eigenvalue weighted by molar-refractivity contribution is 6.09. The fourth-order valence-corrected chi connectivity index (χ4v) is 4.12. The molecule has 1 fully saturated rings. The first kappa shape index (κ1) is 15.0. The van der Waals surface area contributed by atoms with Gasteiger partial charge in [-0.15, -0.1) is 0 Å². The van der Waals surface area contributed by atoms with Crippen LogP contribution in [0.3, 0.4) is 0 Å². The summed E-state index contributed by atoms with van der Waals surface area (Å²) in [7, 11) is 0. The second-order valence-corrected chi connectivity index (χ2v) is 6.54. The molecule has 3 aliphatic rings. The molecule has 1 heterocycles. The zero-order valence-electron chi connectivity index (χ0n) is 13.2. The third kappa shape index (κ3) is 2.11. The second kappa shape index (κ2) is 5.07. The molecule has 0 aromatic heterocycles. The van der Waals surface area contributed by atoms with Crippen LogP contribution in [0.4, 0.5) is 0 Å². The number of hydrogen-bond donors (Lipinski definition) is 0. The minimum Gasteiger partial charge on any atom is -0.462 e. The highest BCUT2D eigenvalue weighted by atomic mass is 16.6. The summed E-state index contributed by atoms with van der Waals surface area (Å²) >= 11 is 0. The summed E-state index contributed by atoms with van der Waals surface area (Å²) in [6.45, 7) is 6.96. The van der Waals surface area contributed by atoms with Crippen LogP contribution in [0.15, 0.2) is 22.8 Å². The third-order valence-electron chi connectivity index (χ3n) is 5.05. The van der Waals surface area contributed by atoms with Crippen LogP contribution in [0.25, 0.3) is 0 Å². The van der Waals surface area contributed by atoms with Gasteiger partial charge in [0.25, 0.3) is 0 Å². The number of esters is 2. The summed E-state index contributed by atoms with van der Waals surface area (Å²) in [6.07, 6.45) is 1.24. The Morgan fingerprint density at radius 2 is 2.00 bits per heavy atom. The molecule has 5 atom stereocenters. The van der Waals surface area contributed by atoms with Gasteiger partial charge in [-0.25, -0.2) is 0 Å². The fraction of sp³-hybridized carbons (Fsp3) is 0.588. The lowest BCUT2D eigenvalue weighted by Gasteiger charge is -2.29. The van der Waals surface area contributed by atoms with E-state index in [1.807, 2.05) is 13.8 Å². The van der Waals surface area contributed by atoms with Crippen molar-refractivity contribution in [2.24, 2.45) is 17.8 Å². The summed E-state index contributed by atoms with van der Waals surface area (Å²) in [6, 6.07) is 0. The zero-order valence-corrected chi connectivity index (χ0v) is 13.2. The second-order valence-electron chi connectivity index (χ2n) is 6.54. The number of fused-ring (bicyclic) bond motifs is 3. The van der Waals surface area contributed by atoms with Crippen LogP contribution < -0.4 is 0 Å². The topological polar surface area (TPSA) is 69.7 Å². The lowest BCUT2D eigenvalue weighted by atomic mass is 9.79. The van der Waals surface area contributed by atoms with Gasteiger partial charge in [0.05, 0.1) is 5.92 Å². The Kier molecular flexibility index (Phi) is 3.46. The maximum Gasteiger partial charge on any atom is 0.309 e. The lowest BCUT2D eigenvalue weighted by Crippen LogP contribution is -2.37. The SMILES string of the molecule is CC(=O)O[C@@H]1CC(C)=C2C(=O)C=C(C)[C@@H]2[C@@H]2OC(=O)[C@H](C)[C@@H]21. The molecule has 2 aliphatic carbocycles. The molecule has 0 saturated carbocycles. The Bertz CT molecular complexity index is 627. The van der Waals surface area contributed by atoms with E-state index in [4.69, 9.17) is 9.47 Å². The van der Waals surface area contributed by atoms with Crippen molar-refractivity contribution >= 4 is 17.7 Å². The molecule has 0 bridgehead atoms. The van der Waals surface area contributed by atoms with Gasteiger partial charge in [0.1, 0.15) is 12.2 Å². The fourth-order valence-electron chi connectivity index (χ4n) is 4.12. The normalized spacial score (nSPS) is 37.3. The largest absolute Gasteiger partial charge is 0.462 e. The van der Waals surface area contributed by atoms with Crippen LogP contribution in [0.2, 0.25) is 0 Å². The van der Waals surface area contributed by atoms with E-state index >= 15 is 0 Å². The predicted molar refractivity (Wildman–Crippen MR) is 77.7 cm³/mol. The van der Waals surface area contributed by atoms with Gasteiger partial charge in [-0.3, -0.25) is 14.4 Å². The Morgan fingerprint density at radius 3 is 2.64 bits per heavy atom. The average molecular weight is 304 g/mol. The number of carbonyl (C=O) groups excluding carboxylic acids is 3. The van der Waals surface area contributed by atoms with E-state index in [9.17, 15) is 14.4 Å². The summed E-state index contributed by atoms with van der Waals surface area (Å²) < 4.78 is 11.1. The van der Waals surface area contributed by atoms with E-state index in [1.165, 1.54) is 6.92 Å². The van der Waals surface area contributed by atoms with Crippen molar-refractivity contribution in [3.8, 4) is 0 Å². The molecule has 0 aromatic carbocycles. The molecule has 0 spiro atoms. The van der Waals surface area contributed by atoms with Crippen molar-refractivity contribution in [1.29, 1.82) is 0 Å². The summed E-state index contributed by atoms with van der Waals surface area (Å²) in [5.74, 6) is -1.44. The highest BCUT2D eigenvalue weighted by Gasteiger charge is 2.55. The number of allylic oxidation sites excluding steroid dienone is 1. The van der Waals surface area contributed by atoms with Crippen molar-refractivity contribution in [2.75, 3.05) is 0 Å². The molecule has 1 aliphatic heterocycles. The van der Waals surface area contributed by atoms with Gasteiger partial charge in [0.15, 0.2) is 5.78 Å². The predicted octanol–water partition coefficient (Wildman–Crippen LogP) is 1.96. The monoisotopic (exact) mass is 304 g/mol. The molecule has 0 radical (unpaired) electrons. The van der Waals surface area contributed by atoms with E-state index < -0.39 is 12.2 Å². The first-order valence-corrected chi connectivity index (χ1v) is 7.61. The molecule has 5 heteroatoms. The maximum absolute atomic E-state index is 12.3. The van der Waals surface area contributed by atoms with Gasteiger partial charge in [-0.05, 0) is 19.9 Å². The molecule has 22 heavy (non-hydrogen) atoms. The van der Waals surface area contributed by atoms with E-state index in [0.717, 1.165) is 11.1 Å². The molecule has 0 unspecified atom stereocenters. The first-order valence-electron chi connectivity index (χ1n) is 7.61. The minimum atomic E-state index is -0.429. The Labute approximate surface area is 129 Å². The maximum atomic E-state index is 12.3. The van der Waals surface area contributed by atoms with Gasteiger partial charge >= 0.3 is 11.9 Å². The average Bonchev–Trinajstić information content (AvgIpc) is 2.81. The Hall–Kier alpha value is -1.91. The van der Waals surface area contributed by atoms with E-state index in [-0.39, 0.29) is 35.5 Å². The summed E-state index contributed by atoms with van der Waals surface area (Å²) in [5.41, 5.74) is 2.55. The molecule has 0 amide bonds. The van der Waals surface area contributed by atoms with Crippen molar-refractivity contribution in [1.82, 2.24) is 0 Å². The number of hydrogen-bond acceptors (Lipinski definition) is 5. The standard InChI is InChI=1S/C17H20O5/c1-7-5-11(19)13-8(2)6-12(21-10(4)18)15-9(3)17(20)22-16(15)14(7)13/h5,9,12,14-16H,6H2,1-4H3/t9-,12-,14+,15-,16+/m1/s1. The molecular formula is C17H20O5. The number of carbonyl (C=O) groups is 3. The quantitative estimate of drug-likeness (QED) is 0.693. The van der Waals surface area contributed by atoms with Crippen molar-refractivity contribution in [3.63, 3.8) is 0 Å².